The summed E-state index contributed by atoms with van der Waals surface area (Å²) in [5, 5.41) is 0. The molecule has 1 rings (SSSR count). The smallest absolute Gasteiger partial charge is 0.768 e. The van der Waals surface area contributed by atoms with Crippen molar-refractivity contribution in [3.05, 3.63) is 23.8 Å². The van der Waals surface area contributed by atoms with Crippen LogP contribution in [0.25, 0.3) is 0 Å². The van der Waals surface area contributed by atoms with Gasteiger partial charge in [0.25, 0.3) is 0 Å². The molecule has 0 aliphatic heterocycles. The zero-order chi connectivity index (χ0) is 18.2. The fourth-order valence-corrected chi connectivity index (χ4v) is 1.94. The van der Waals surface area contributed by atoms with Gasteiger partial charge in [0.15, 0.2) is 0 Å². The quantitative estimate of drug-likeness (QED) is 0.432. The van der Waals surface area contributed by atoms with Gasteiger partial charge in [0.1, 0.15) is 5.75 Å². The number of hydrogen-bond acceptors (Lipinski definition) is 3. The van der Waals surface area contributed by atoms with Gasteiger partial charge < -0.3 is 9.29 Å². The molecular formula is C12H10F7NaO3S. The Morgan fingerprint density at radius 3 is 1.96 bits per heavy atom. The fourth-order valence-electron chi connectivity index (χ4n) is 1.54. The molecule has 0 N–H and O–H groups in total. The first-order valence-corrected chi connectivity index (χ1v) is 7.02. The van der Waals surface area contributed by atoms with Gasteiger partial charge >= 0.3 is 47.8 Å². The van der Waals surface area contributed by atoms with Crippen LogP contribution in [0.1, 0.15) is 25.3 Å². The number of rotatable bonds is 5. The van der Waals surface area contributed by atoms with Crippen molar-refractivity contribution in [3.8, 4) is 5.75 Å². The Bertz CT molecular complexity index is 605. The molecule has 0 amide bonds. The monoisotopic (exact) mass is 390 g/mol. The summed E-state index contributed by atoms with van der Waals surface area (Å²) in [6.45, 7) is 2.78. The minimum atomic E-state index is -6.52. The van der Waals surface area contributed by atoms with Crippen molar-refractivity contribution in [2.75, 3.05) is 0 Å². The summed E-state index contributed by atoms with van der Waals surface area (Å²) in [6.07, 6.45) is -12.4. The van der Waals surface area contributed by atoms with Gasteiger partial charge in [-0.3, -0.25) is 4.21 Å². The Kier molecular flexibility index (Phi) is 7.78. The molecule has 1 aromatic carbocycles. The molecule has 1 unspecified atom stereocenters. The second kappa shape index (κ2) is 7.90. The Morgan fingerprint density at radius 2 is 1.58 bits per heavy atom. The molecular weight excluding hydrogens is 380 g/mol. The topological polar surface area (TPSA) is 49.4 Å². The largest absolute Gasteiger partial charge is 1.00 e. The van der Waals surface area contributed by atoms with Crippen LogP contribution in [0.15, 0.2) is 23.1 Å². The van der Waals surface area contributed by atoms with Gasteiger partial charge in [0.2, 0.25) is 0 Å². The molecule has 0 saturated heterocycles. The predicted octanol–water partition coefficient (Wildman–Crippen LogP) is 1.22. The van der Waals surface area contributed by atoms with E-state index in [1.807, 2.05) is 0 Å². The minimum Gasteiger partial charge on any atom is -0.768 e. The maximum absolute atomic E-state index is 13.3. The molecule has 0 radical (unpaired) electrons. The maximum Gasteiger partial charge on any atom is 1.00 e. The van der Waals surface area contributed by atoms with E-state index < -0.39 is 41.0 Å². The van der Waals surface area contributed by atoms with E-state index in [0.29, 0.717) is 6.07 Å². The van der Waals surface area contributed by atoms with Crippen molar-refractivity contribution in [2.24, 2.45) is 0 Å². The van der Waals surface area contributed by atoms with E-state index in [1.165, 1.54) is 13.8 Å². The number of hydrogen-bond donors (Lipinski definition) is 0. The zero-order valence-corrected chi connectivity index (χ0v) is 15.4. The van der Waals surface area contributed by atoms with Crippen molar-refractivity contribution in [1.82, 2.24) is 0 Å². The summed E-state index contributed by atoms with van der Waals surface area (Å²) in [7, 11) is 0. The summed E-state index contributed by atoms with van der Waals surface area (Å²) in [5.74, 6) is -8.07. The predicted molar refractivity (Wildman–Crippen MR) is 64.3 cm³/mol. The zero-order valence-electron chi connectivity index (χ0n) is 12.6. The van der Waals surface area contributed by atoms with E-state index >= 15 is 0 Å². The summed E-state index contributed by atoms with van der Waals surface area (Å²) in [4.78, 5) is -0.355. The van der Waals surface area contributed by atoms with E-state index in [9.17, 15) is 39.5 Å². The van der Waals surface area contributed by atoms with E-state index in [1.54, 1.807) is 0 Å². The average molecular weight is 390 g/mol. The van der Waals surface area contributed by atoms with E-state index in [0.717, 1.165) is 12.1 Å². The Labute approximate surface area is 157 Å². The molecule has 0 fully saturated rings. The van der Waals surface area contributed by atoms with Gasteiger partial charge in [-0.2, -0.15) is 30.7 Å². The van der Waals surface area contributed by atoms with E-state index in [-0.39, 0.29) is 40.0 Å². The van der Waals surface area contributed by atoms with Crippen molar-refractivity contribution in [1.29, 1.82) is 0 Å². The van der Waals surface area contributed by atoms with Crippen LogP contribution < -0.4 is 34.3 Å². The van der Waals surface area contributed by atoms with Crippen LogP contribution in [0.4, 0.5) is 30.7 Å². The fraction of sp³-hybridized carbons (Fsp3) is 0.500. The summed E-state index contributed by atoms with van der Waals surface area (Å²) < 4.78 is 114. The van der Waals surface area contributed by atoms with Crippen molar-refractivity contribution in [2.45, 2.75) is 42.9 Å². The third-order valence-electron chi connectivity index (χ3n) is 2.76. The SMILES string of the molecule is CC(C)c1cc(S(=O)[O-])ccc1OC(F)(F)C(F)(F)C(F)(F)F.[Na+]. The first-order chi connectivity index (χ1) is 10.2. The molecule has 12 heteroatoms. The van der Waals surface area contributed by atoms with Crippen LogP contribution in [0, 0.1) is 0 Å². The normalized spacial score (nSPS) is 14.3. The average Bonchev–Trinajstić information content (AvgIpc) is 2.36. The molecule has 1 atom stereocenters. The molecule has 0 bridgehead atoms. The molecule has 0 aliphatic carbocycles. The second-order valence-electron chi connectivity index (χ2n) is 4.78. The molecule has 3 nitrogen and oxygen atoms in total. The number of benzene rings is 1. The van der Waals surface area contributed by atoms with E-state index in [4.69, 9.17) is 0 Å². The van der Waals surface area contributed by atoms with Gasteiger partial charge in [0, 0.05) is 4.90 Å². The Hall–Kier alpha value is -0.360. The first-order valence-electron chi connectivity index (χ1n) is 5.95. The first kappa shape index (κ1) is 23.6. The third kappa shape index (κ3) is 4.84. The number of ether oxygens (including phenoxy) is 1. The van der Waals surface area contributed by atoms with E-state index in [2.05, 4.69) is 4.74 Å². The van der Waals surface area contributed by atoms with Gasteiger partial charge in [-0.15, -0.1) is 0 Å². The molecule has 1 aromatic rings. The van der Waals surface area contributed by atoms with Crippen molar-refractivity contribution in [3.63, 3.8) is 0 Å². The standard InChI is InChI=1S/C12H11F7O3S.Na/c1-6(2)8-5-7(23(20)21)3-4-9(8)22-12(18,19)10(13,14)11(15,16)17;/h3-6H,1-2H3,(H,20,21);/q;+1/p-1. The Morgan fingerprint density at radius 1 is 1.08 bits per heavy atom. The Balaban J connectivity index is 0.00000529. The maximum atomic E-state index is 13.3. The molecule has 0 aliphatic rings. The second-order valence-corrected chi connectivity index (χ2v) is 5.72. The van der Waals surface area contributed by atoms with Gasteiger partial charge in [-0.25, -0.2) is 0 Å². The van der Waals surface area contributed by atoms with Gasteiger partial charge in [-0.05, 0) is 40.8 Å². The number of alkyl halides is 7. The van der Waals surface area contributed by atoms with Crippen molar-refractivity contribution < 1.29 is 73.8 Å². The van der Waals surface area contributed by atoms with Crippen LogP contribution in [0.5, 0.6) is 5.75 Å². The minimum absolute atomic E-state index is 0. The molecule has 0 aromatic heterocycles. The summed E-state index contributed by atoms with van der Waals surface area (Å²) in [5.41, 5.74) is -0.260. The van der Waals surface area contributed by atoms with Crippen molar-refractivity contribution >= 4 is 11.1 Å². The van der Waals surface area contributed by atoms with Crippen LogP contribution in [0.3, 0.4) is 0 Å². The summed E-state index contributed by atoms with van der Waals surface area (Å²) in [6, 6.07) is 2.19. The van der Waals surface area contributed by atoms with Gasteiger partial charge in [0.05, 0.1) is 0 Å². The molecule has 132 valence electrons. The van der Waals surface area contributed by atoms with Crippen LogP contribution >= 0.6 is 0 Å². The van der Waals surface area contributed by atoms with Crippen LogP contribution in [-0.4, -0.2) is 27.0 Å². The van der Waals surface area contributed by atoms with Crippen LogP contribution in [0.2, 0.25) is 0 Å². The van der Waals surface area contributed by atoms with Crippen LogP contribution in [-0.2, 0) is 11.1 Å². The molecule has 0 saturated carbocycles. The molecule has 0 heterocycles. The summed E-state index contributed by atoms with van der Waals surface area (Å²) >= 11 is -2.74. The molecule has 0 spiro atoms. The third-order valence-corrected chi connectivity index (χ3v) is 3.39. The number of halogens is 7. The molecule has 24 heavy (non-hydrogen) atoms. The van der Waals surface area contributed by atoms with Gasteiger partial charge in [-0.1, -0.05) is 13.8 Å².